The summed E-state index contributed by atoms with van der Waals surface area (Å²) >= 11 is 5.62. The molecule has 0 unspecified atom stereocenters. The van der Waals surface area contributed by atoms with Crippen molar-refractivity contribution in [1.29, 1.82) is 0 Å². The molecule has 5 heteroatoms. The molecule has 0 radical (unpaired) electrons. The standard InChI is InChI=1S/C14H11ClFNO2/c1-8-6-10(3-5-13(8)18)17-14(19)11-4-2-9(15)7-12(11)16/h2-7,18H,1H3,(H,17,19). The second-order valence-corrected chi connectivity index (χ2v) is 4.52. The Kier molecular flexibility index (Phi) is 3.71. The first-order chi connectivity index (χ1) is 8.97. The number of nitrogens with one attached hydrogen (secondary N) is 1. The maximum Gasteiger partial charge on any atom is 0.258 e. The van der Waals surface area contributed by atoms with Crippen LogP contribution in [0, 0.1) is 12.7 Å². The molecule has 98 valence electrons. The van der Waals surface area contributed by atoms with Crippen molar-refractivity contribution in [1.82, 2.24) is 0 Å². The fourth-order valence-corrected chi connectivity index (χ4v) is 1.76. The first-order valence-electron chi connectivity index (χ1n) is 5.53. The van der Waals surface area contributed by atoms with Crippen molar-refractivity contribution in [2.24, 2.45) is 0 Å². The maximum absolute atomic E-state index is 13.6. The molecule has 3 nitrogen and oxygen atoms in total. The van der Waals surface area contributed by atoms with Crippen molar-refractivity contribution in [2.75, 3.05) is 5.32 Å². The average molecular weight is 280 g/mol. The summed E-state index contributed by atoms with van der Waals surface area (Å²) in [6, 6.07) is 8.44. The van der Waals surface area contributed by atoms with Crippen molar-refractivity contribution >= 4 is 23.2 Å². The molecule has 2 aromatic rings. The number of amides is 1. The number of rotatable bonds is 2. The van der Waals surface area contributed by atoms with E-state index in [9.17, 15) is 14.3 Å². The van der Waals surface area contributed by atoms with E-state index in [1.165, 1.54) is 24.3 Å². The van der Waals surface area contributed by atoms with Gasteiger partial charge in [0.2, 0.25) is 0 Å². The van der Waals surface area contributed by atoms with E-state index in [0.717, 1.165) is 6.07 Å². The topological polar surface area (TPSA) is 49.3 Å². The lowest BCUT2D eigenvalue weighted by molar-refractivity contribution is 0.102. The Labute approximate surface area is 114 Å². The van der Waals surface area contributed by atoms with E-state index in [4.69, 9.17) is 11.6 Å². The molecule has 2 N–H and O–H groups in total. The Hall–Kier alpha value is -2.07. The zero-order valence-corrected chi connectivity index (χ0v) is 10.8. The molecular formula is C14H11ClFNO2. The Morgan fingerprint density at radius 2 is 2.00 bits per heavy atom. The van der Waals surface area contributed by atoms with Gasteiger partial charge >= 0.3 is 0 Å². The summed E-state index contributed by atoms with van der Waals surface area (Å²) < 4.78 is 13.6. The molecule has 0 aliphatic carbocycles. The SMILES string of the molecule is Cc1cc(NC(=O)c2ccc(Cl)cc2F)ccc1O. The van der Waals surface area contributed by atoms with Crippen LogP contribution in [0.1, 0.15) is 15.9 Å². The molecule has 0 spiro atoms. The fourth-order valence-electron chi connectivity index (χ4n) is 1.61. The predicted molar refractivity (Wildman–Crippen MR) is 72.2 cm³/mol. The highest BCUT2D eigenvalue weighted by Crippen LogP contribution is 2.21. The van der Waals surface area contributed by atoms with Gasteiger partial charge in [0.15, 0.2) is 0 Å². The van der Waals surface area contributed by atoms with Crippen LogP contribution in [-0.4, -0.2) is 11.0 Å². The normalized spacial score (nSPS) is 10.3. The van der Waals surface area contributed by atoms with Crippen molar-refractivity contribution < 1.29 is 14.3 Å². The quantitative estimate of drug-likeness (QED) is 0.823. The van der Waals surface area contributed by atoms with Crippen molar-refractivity contribution in [3.05, 3.63) is 58.4 Å². The monoisotopic (exact) mass is 279 g/mol. The van der Waals surface area contributed by atoms with E-state index in [2.05, 4.69) is 5.32 Å². The Morgan fingerprint density at radius 1 is 1.26 bits per heavy atom. The number of phenolic OH excluding ortho intramolecular Hbond substituents is 1. The van der Waals surface area contributed by atoms with Gasteiger partial charge in [-0.05, 0) is 48.9 Å². The van der Waals surface area contributed by atoms with Crippen LogP contribution in [0.5, 0.6) is 5.75 Å². The lowest BCUT2D eigenvalue weighted by atomic mass is 10.1. The molecule has 0 saturated carbocycles. The van der Waals surface area contributed by atoms with E-state index >= 15 is 0 Å². The van der Waals surface area contributed by atoms with Gasteiger partial charge in [-0.1, -0.05) is 11.6 Å². The zero-order valence-electron chi connectivity index (χ0n) is 10.1. The third-order valence-corrected chi connectivity index (χ3v) is 2.87. The van der Waals surface area contributed by atoms with Crippen LogP contribution in [0.25, 0.3) is 0 Å². The van der Waals surface area contributed by atoms with Gasteiger partial charge in [0.25, 0.3) is 5.91 Å². The Morgan fingerprint density at radius 3 is 2.63 bits per heavy atom. The number of halogens is 2. The number of hydrogen-bond donors (Lipinski definition) is 2. The maximum atomic E-state index is 13.6. The highest BCUT2D eigenvalue weighted by atomic mass is 35.5. The van der Waals surface area contributed by atoms with Crippen molar-refractivity contribution in [2.45, 2.75) is 6.92 Å². The molecule has 0 saturated heterocycles. The number of benzene rings is 2. The van der Waals surface area contributed by atoms with E-state index in [-0.39, 0.29) is 16.3 Å². The first kappa shape index (κ1) is 13.4. The number of anilines is 1. The van der Waals surface area contributed by atoms with Crippen LogP contribution >= 0.6 is 11.6 Å². The molecular weight excluding hydrogens is 269 g/mol. The average Bonchev–Trinajstić information content (AvgIpc) is 2.33. The van der Waals surface area contributed by atoms with Gasteiger partial charge in [-0.2, -0.15) is 0 Å². The van der Waals surface area contributed by atoms with Crippen LogP contribution < -0.4 is 5.32 Å². The van der Waals surface area contributed by atoms with Gasteiger partial charge in [-0.25, -0.2) is 4.39 Å². The Balaban J connectivity index is 2.23. The number of aryl methyl sites for hydroxylation is 1. The fraction of sp³-hybridized carbons (Fsp3) is 0.0714. The molecule has 0 aliphatic rings. The summed E-state index contributed by atoms with van der Waals surface area (Å²) in [4.78, 5) is 11.9. The van der Waals surface area contributed by atoms with Crippen LogP contribution in [0.3, 0.4) is 0 Å². The summed E-state index contributed by atoms with van der Waals surface area (Å²) in [5, 5.41) is 12.2. The predicted octanol–water partition coefficient (Wildman–Crippen LogP) is 3.75. The van der Waals surface area contributed by atoms with E-state index in [1.54, 1.807) is 13.0 Å². The number of hydrogen-bond acceptors (Lipinski definition) is 2. The smallest absolute Gasteiger partial charge is 0.258 e. The molecule has 2 rings (SSSR count). The highest BCUT2D eigenvalue weighted by molar-refractivity contribution is 6.30. The second-order valence-electron chi connectivity index (χ2n) is 4.08. The Bertz CT molecular complexity index is 643. The van der Waals surface area contributed by atoms with Crippen molar-refractivity contribution in [3.8, 4) is 5.75 Å². The number of phenols is 1. The number of aromatic hydroxyl groups is 1. The zero-order chi connectivity index (χ0) is 14.0. The molecule has 2 aromatic carbocycles. The van der Waals surface area contributed by atoms with Gasteiger partial charge < -0.3 is 10.4 Å². The molecule has 1 amide bonds. The minimum atomic E-state index is -0.680. The van der Waals surface area contributed by atoms with Crippen LogP contribution in [-0.2, 0) is 0 Å². The van der Waals surface area contributed by atoms with Crippen molar-refractivity contribution in [3.63, 3.8) is 0 Å². The first-order valence-corrected chi connectivity index (χ1v) is 5.91. The molecule has 0 atom stereocenters. The third kappa shape index (κ3) is 3.03. The summed E-state index contributed by atoms with van der Waals surface area (Å²) in [6.45, 7) is 1.70. The van der Waals surface area contributed by atoms with Crippen LogP contribution in [0.15, 0.2) is 36.4 Å². The molecule has 0 fully saturated rings. The number of carbonyl (C=O) groups is 1. The summed E-state index contributed by atoms with van der Waals surface area (Å²) in [7, 11) is 0. The van der Waals surface area contributed by atoms with Gasteiger partial charge in [0.05, 0.1) is 5.56 Å². The molecule has 19 heavy (non-hydrogen) atoms. The van der Waals surface area contributed by atoms with E-state index in [0.29, 0.717) is 11.3 Å². The minimum Gasteiger partial charge on any atom is -0.508 e. The molecule has 0 aliphatic heterocycles. The van der Waals surface area contributed by atoms with Crippen LogP contribution in [0.4, 0.5) is 10.1 Å². The van der Waals surface area contributed by atoms with Crippen LogP contribution in [0.2, 0.25) is 5.02 Å². The second kappa shape index (κ2) is 5.28. The lowest BCUT2D eigenvalue weighted by Gasteiger charge is -2.08. The molecule has 0 heterocycles. The third-order valence-electron chi connectivity index (χ3n) is 2.63. The van der Waals surface area contributed by atoms with E-state index in [1.807, 2.05) is 0 Å². The van der Waals surface area contributed by atoms with Gasteiger partial charge in [0, 0.05) is 10.7 Å². The molecule has 0 aromatic heterocycles. The van der Waals surface area contributed by atoms with E-state index < -0.39 is 11.7 Å². The highest BCUT2D eigenvalue weighted by Gasteiger charge is 2.12. The lowest BCUT2D eigenvalue weighted by Crippen LogP contribution is -2.13. The number of carbonyl (C=O) groups excluding carboxylic acids is 1. The van der Waals surface area contributed by atoms with Gasteiger partial charge in [0.1, 0.15) is 11.6 Å². The molecule has 0 bridgehead atoms. The largest absolute Gasteiger partial charge is 0.508 e. The minimum absolute atomic E-state index is 0.0878. The van der Waals surface area contributed by atoms with Gasteiger partial charge in [-0.15, -0.1) is 0 Å². The summed E-state index contributed by atoms with van der Waals surface area (Å²) in [6.07, 6.45) is 0. The summed E-state index contributed by atoms with van der Waals surface area (Å²) in [5.74, 6) is -1.12. The van der Waals surface area contributed by atoms with Gasteiger partial charge in [-0.3, -0.25) is 4.79 Å². The summed E-state index contributed by atoms with van der Waals surface area (Å²) in [5.41, 5.74) is 1.01.